The molecule has 28 heavy (non-hydrogen) atoms. The number of hydrogen-bond acceptors (Lipinski definition) is 4. The number of hydrogen-bond donors (Lipinski definition) is 2. The molecule has 1 aromatic heterocycles. The first-order valence-corrected chi connectivity index (χ1v) is 10.1. The summed E-state index contributed by atoms with van der Waals surface area (Å²) in [6.45, 7) is 4.06. The third-order valence-corrected chi connectivity index (χ3v) is 6.69. The number of nitrogens with one attached hydrogen (secondary N) is 2. The molecule has 2 N–H and O–H groups in total. The SMILES string of the molecule is COc1ccc(-c2n[nH]c(C(=O)NC(C)C3CC4CCC3C4)c2C)c(OC)c1. The molecule has 1 aromatic carbocycles. The Kier molecular flexibility index (Phi) is 5.04. The minimum atomic E-state index is -0.0843. The van der Waals surface area contributed by atoms with Gasteiger partial charge in [-0.15, -0.1) is 0 Å². The fourth-order valence-electron chi connectivity index (χ4n) is 5.17. The third kappa shape index (κ3) is 3.25. The van der Waals surface area contributed by atoms with Crippen LogP contribution in [0.2, 0.25) is 0 Å². The number of amides is 1. The number of aromatic amines is 1. The van der Waals surface area contributed by atoms with Crippen molar-refractivity contribution in [1.29, 1.82) is 0 Å². The number of carbonyl (C=O) groups is 1. The lowest BCUT2D eigenvalue weighted by molar-refractivity contribution is 0.0909. The topological polar surface area (TPSA) is 76.2 Å². The number of nitrogens with zero attached hydrogens (tertiary/aromatic N) is 1. The Labute approximate surface area is 166 Å². The second kappa shape index (κ2) is 7.49. The zero-order chi connectivity index (χ0) is 19.8. The number of ether oxygens (including phenoxy) is 2. The van der Waals surface area contributed by atoms with Gasteiger partial charge in [0.15, 0.2) is 0 Å². The molecule has 2 aromatic rings. The minimum Gasteiger partial charge on any atom is -0.497 e. The molecule has 4 unspecified atom stereocenters. The zero-order valence-corrected chi connectivity index (χ0v) is 17.0. The molecule has 2 bridgehead atoms. The van der Waals surface area contributed by atoms with Crippen LogP contribution in [-0.2, 0) is 0 Å². The zero-order valence-electron chi connectivity index (χ0n) is 17.0. The quantitative estimate of drug-likeness (QED) is 0.792. The molecular weight excluding hydrogens is 354 g/mol. The minimum absolute atomic E-state index is 0.0843. The Hall–Kier alpha value is -2.50. The van der Waals surface area contributed by atoms with E-state index in [0.29, 0.717) is 23.1 Å². The van der Waals surface area contributed by atoms with E-state index in [-0.39, 0.29) is 11.9 Å². The number of aromatic nitrogens is 2. The lowest BCUT2D eigenvalue weighted by Gasteiger charge is -2.28. The van der Waals surface area contributed by atoms with E-state index in [9.17, 15) is 4.79 Å². The molecule has 6 heteroatoms. The molecule has 150 valence electrons. The van der Waals surface area contributed by atoms with Crippen molar-refractivity contribution in [2.24, 2.45) is 17.8 Å². The van der Waals surface area contributed by atoms with E-state index < -0.39 is 0 Å². The summed E-state index contributed by atoms with van der Waals surface area (Å²) in [5.41, 5.74) is 2.89. The van der Waals surface area contributed by atoms with Gasteiger partial charge in [0, 0.05) is 23.2 Å². The summed E-state index contributed by atoms with van der Waals surface area (Å²) < 4.78 is 10.8. The smallest absolute Gasteiger partial charge is 0.269 e. The van der Waals surface area contributed by atoms with Crippen molar-refractivity contribution in [1.82, 2.24) is 15.5 Å². The first kappa shape index (κ1) is 18.8. The van der Waals surface area contributed by atoms with Crippen LogP contribution in [0, 0.1) is 24.7 Å². The first-order chi connectivity index (χ1) is 13.5. The third-order valence-electron chi connectivity index (χ3n) is 6.69. The van der Waals surface area contributed by atoms with E-state index in [0.717, 1.165) is 28.7 Å². The summed E-state index contributed by atoms with van der Waals surface area (Å²) in [7, 11) is 3.24. The maximum Gasteiger partial charge on any atom is 0.269 e. The van der Waals surface area contributed by atoms with Gasteiger partial charge in [-0.2, -0.15) is 5.10 Å². The Morgan fingerprint density at radius 3 is 2.71 bits per heavy atom. The van der Waals surface area contributed by atoms with E-state index in [2.05, 4.69) is 22.4 Å². The summed E-state index contributed by atoms with van der Waals surface area (Å²) in [6, 6.07) is 5.77. The lowest BCUT2D eigenvalue weighted by atomic mass is 9.84. The van der Waals surface area contributed by atoms with Crippen LogP contribution in [0.5, 0.6) is 11.5 Å². The van der Waals surface area contributed by atoms with Crippen LogP contribution in [0.1, 0.15) is 48.7 Å². The van der Waals surface area contributed by atoms with E-state index in [1.807, 2.05) is 25.1 Å². The fraction of sp³-hybridized carbons (Fsp3) is 0.545. The van der Waals surface area contributed by atoms with E-state index >= 15 is 0 Å². The molecule has 6 nitrogen and oxygen atoms in total. The summed E-state index contributed by atoms with van der Waals surface area (Å²) in [6.07, 6.45) is 5.28. The molecule has 4 atom stereocenters. The number of H-pyrrole nitrogens is 1. The Morgan fingerprint density at radius 2 is 2.07 bits per heavy atom. The van der Waals surface area contributed by atoms with Crippen LogP contribution in [-0.4, -0.2) is 36.4 Å². The van der Waals surface area contributed by atoms with Crippen molar-refractivity contribution in [3.8, 4) is 22.8 Å². The predicted molar refractivity (Wildman–Crippen MR) is 108 cm³/mol. The number of benzene rings is 1. The van der Waals surface area contributed by atoms with Crippen LogP contribution in [0.25, 0.3) is 11.3 Å². The average molecular weight is 383 g/mol. The van der Waals surface area contributed by atoms with Gasteiger partial charge in [0.1, 0.15) is 17.2 Å². The number of fused-ring (bicyclic) bond motifs is 2. The fourth-order valence-corrected chi connectivity index (χ4v) is 5.17. The van der Waals surface area contributed by atoms with Crippen molar-refractivity contribution >= 4 is 5.91 Å². The maximum absolute atomic E-state index is 12.9. The highest BCUT2D eigenvalue weighted by molar-refractivity contribution is 5.95. The van der Waals surface area contributed by atoms with Crippen LogP contribution < -0.4 is 14.8 Å². The van der Waals surface area contributed by atoms with Crippen molar-refractivity contribution in [3.05, 3.63) is 29.5 Å². The normalized spacial score (nSPS) is 24.2. The Balaban J connectivity index is 1.52. The highest BCUT2D eigenvalue weighted by Crippen LogP contribution is 2.49. The number of carbonyl (C=O) groups excluding carboxylic acids is 1. The van der Waals surface area contributed by atoms with Gasteiger partial charge in [0.25, 0.3) is 5.91 Å². The molecular formula is C22H29N3O3. The maximum atomic E-state index is 12.9. The van der Waals surface area contributed by atoms with Gasteiger partial charge in [-0.25, -0.2) is 0 Å². The summed E-state index contributed by atoms with van der Waals surface area (Å²) in [5.74, 6) is 3.55. The Bertz CT molecular complexity index is 876. The Morgan fingerprint density at radius 1 is 1.25 bits per heavy atom. The molecule has 4 rings (SSSR count). The molecule has 2 saturated carbocycles. The second-order valence-electron chi connectivity index (χ2n) is 8.24. The molecule has 1 heterocycles. The lowest BCUT2D eigenvalue weighted by Crippen LogP contribution is -2.40. The molecule has 2 fully saturated rings. The van der Waals surface area contributed by atoms with Crippen molar-refractivity contribution in [2.45, 2.75) is 45.6 Å². The molecule has 1 amide bonds. The van der Waals surface area contributed by atoms with Gasteiger partial charge in [0.05, 0.1) is 19.9 Å². The monoisotopic (exact) mass is 383 g/mol. The van der Waals surface area contributed by atoms with Gasteiger partial charge < -0.3 is 14.8 Å². The summed E-state index contributed by atoms with van der Waals surface area (Å²) >= 11 is 0. The van der Waals surface area contributed by atoms with Crippen molar-refractivity contribution in [2.75, 3.05) is 14.2 Å². The predicted octanol–water partition coefficient (Wildman–Crippen LogP) is 3.96. The highest BCUT2D eigenvalue weighted by Gasteiger charge is 2.42. The van der Waals surface area contributed by atoms with E-state index in [1.165, 1.54) is 25.7 Å². The molecule has 0 radical (unpaired) electrons. The first-order valence-electron chi connectivity index (χ1n) is 10.1. The summed E-state index contributed by atoms with van der Waals surface area (Å²) in [4.78, 5) is 12.9. The molecule has 0 saturated heterocycles. The van der Waals surface area contributed by atoms with Crippen LogP contribution in [0.4, 0.5) is 0 Å². The highest BCUT2D eigenvalue weighted by atomic mass is 16.5. The van der Waals surface area contributed by atoms with E-state index in [1.54, 1.807) is 14.2 Å². The molecule has 0 aliphatic heterocycles. The van der Waals surface area contributed by atoms with Gasteiger partial charge in [-0.3, -0.25) is 9.89 Å². The largest absolute Gasteiger partial charge is 0.497 e. The molecule has 0 spiro atoms. The number of methoxy groups -OCH3 is 2. The van der Waals surface area contributed by atoms with Crippen LogP contribution in [0.3, 0.4) is 0 Å². The van der Waals surface area contributed by atoms with Gasteiger partial charge in [0.2, 0.25) is 0 Å². The van der Waals surface area contributed by atoms with Crippen LogP contribution >= 0.6 is 0 Å². The van der Waals surface area contributed by atoms with Gasteiger partial charge >= 0.3 is 0 Å². The van der Waals surface area contributed by atoms with Crippen LogP contribution in [0.15, 0.2) is 18.2 Å². The van der Waals surface area contributed by atoms with E-state index in [4.69, 9.17) is 9.47 Å². The average Bonchev–Trinajstić information content (AvgIpc) is 3.43. The summed E-state index contributed by atoms with van der Waals surface area (Å²) in [5, 5.41) is 10.6. The van der Waals surface area contributed by atoms with Crippen molar-refractivity contribution in [3.63, 3.8) is 0 Å². The van der Waals surface area contributed by atoms with Crippen molar-refractivity contribution < 1.29 is 14.3 Å². The van der Waals surface area contributed by atoms with Gasteiger partial charge in [-0.1, -0.05) is 6.42 Å². The molecule has 2 aliphatic carbocycles. The second-order valence-corrected chi connectivity index (χ2v) is 8.24. The standard InChI is InChI=1S/C22H29N3O3/c1-12-20(17-8-7-16(27-3)11-19(17)28-4)24-25-21(12)22(26)23-13(2)18-10-14-5-6-15(18)9-14/h7-8,11,13-15,18H,5-6,9-10H2,1-4H3,(H,23,26)(H,24,25). The van der Waals surface area contributed by atoms with Gasteiger partial charge in [-0.05, 0) is 63.0 Å². The number of rotatable bonds is 6. The molecule has 2 aliphatic rings.